The van der Waals surface area contributed by atoms with Crippen molar-refractivity contribution in [1.29, 1.82) is 0 Å². The average molecular weight is 239 g/mol. The molecule has 16 heavy (non-hydrogen) atoms. The number of benzene rings is 1. The van der Waals surface area contributed by atoms with E-state index in [1.807, 2.05) is 26.8 Å². The molecule has 0 radical (unpaired) electrons. The molecule has 0 N–H and O–H groups in total. The molecule has 4 nitrogen and oxygen atoms in total. The third-order valence-electron chi connectivity index (χ3n) is 3.04. The second kappa shape index (κ2) is 4.35. The molecule has 0 aliphatic rings. The zero-order chi connectivity index (χ0) is 12.5. The molecule has 0 saturated heterocycles. The van der Waals surface area contributed by atoms with Gasteiger partial charge >= 0.3 is 0 Å². The molecule has 0 aromatic heterocycles. The minimum absolute atomic E-state index is 0.181. The predicted octanol–water partition coefficient (Wildman–Crippen LogP) is 1.74. The zero-order valence-electron chi connectivity index (χ0n) is 10.3. The van der Waals surface area contributed by atoms with Crippen molar-refractivity contribution in [3.63, 3.8) is 0 Å². The van der Waals surface area contributed by atoms with Gasteiger partial charge in [-0.3, -0.25) is 10.1 Å². The van der Waals surface area contributed by atoms with Crippen LogP contribution in [0.1, 0.15) is 30.5 Å². The van der Waals surface area contributed by atoms with Gasteiger partial charge in [0.25, 0.3) is 5.69 Å². The normalized spacial score (nSPS) is 11.8. The van der Waals surface area contributed by atoms with Crippen molar-refractivity contribution in [2.24, 2.45) is 0 Å². The van der Waals surface area contributed by atoms with E-state index in [9.17, 15) is 10.1 Å². The fraction of sp³-hybridized carbons (Fsp3) is 0.455. The maximum absolute atomic E-state index is 11.1. The smallest absolute Gasteiger partial charge is 0.278 e. The van der Waals surface area contributed by atoms with Gasteiger partial charge in [-0.1, -0.05) is 6.07 Å². The second-order valence-corrected chi connectivity index (χ2v) is 4.78. The van der Waals surface area contributed by atoms with Gasteiger partial charge in [0.15, 0.2) is 0 Å². The van der Waals surface area contributed by atoms with E-state index in [1.165, 1.54) is 0 Å². The average Bonchev–Trinajstić information content (AvgIpc) is 2.21. The van der Waals surface area contributed by atoms with Crippen molar-refractivity contribution in [2.45, 2.75) is 33.3 Å². The third-order valence-corrected chi connectivity index (χ3v) is 4.06. The molecule has 1 aromatic rings. The van der Waals surface area contributed by atoms with Crippen LogP contribution < -0.4 is 0 Å². The lowest BCUT2D eigenvalue weighted by molar-refractivity contribution is -0.387. The van der Waals surface area contributed by atoms with E-state index in [0.717, 1.165) is 5.56 Å². The molecular formula is C11H17NO3Si. The van der Waals surface area contributed by atoms with E-state index in [-0.39, 0.29) is 10.6 Å². The predicted molar refractivity (Wildman–Crippen MR) is 66.6 cm³/mol. The monoisotopic (exact) mass is 239 g/mol. The largest absolute Gasteiger partial charge is 0.419 e. The topological polar surface area (TPSA) is 52.4 Å². The molecule has 1 rings (SSSR count). The van der Waals surface area contributed by atoms with Crippen LogP contribution in [0.3, 0.4) is 0 Å². The van der Waals surface area contributed by atoms with E-state index in [1.54, 1.807) is 13.0 Å². The first-order chi connectivity index (χ1) is 7.31. The minimum Gasteiger partial charge on any atom is -0.419 e. The highest BCUT2D eigenvalue weighted by Crippen LogP contribution is 2.35. The van der Waals surface area contributed by atoms with Gasteiger partial charge in [0.2, 0.25) is 0 Å². The molecule has 88 valence electrons. The lowest BCUT2D eigenvalue weighted by Crippen LogP contribution is -2.22. The van der Waals surface area contributed by atoms with E-state index >= 15 is 0 Å². The van der Waals surface area contributed by atoms with Crippen LogP contribution >= 0.6 is 0 Å². The SMILES string of the molecule is Cc1ccc(C(C)(C)O[SiH3])c([N+](=O)[O-])c1C. The molecule has 0 aliphatic heterocycles. The first kappa shape index (κ1) is 12.9. The Bertz CT molecular complexity index is 429. The van der Waals surface area contributed by atoms with Gasteiger partial charge in [0.05, 0.1) is 16.1 Å². The van der Waals surface area contributed by atoms with Crippen molar-refractivity contribution >= 4 is 16.2 Å². The molecule has 1 aromatic carbocycles. The maximum Gasteiger partial charge on any atom is 0.278 e. The fourth-order valence-corrected chi connectivity index (χ4v) is 1.85. The van der Waals surface area contributed by atoms with Crippen molar-refractivity contribution in [3.05, 3.63) is 38.9 Å². The third kappa shape index (κ3) is 2.15. The Hall–Kier alpha value is -1.20. The summed E-state index contributed by atoms with van der Waals surface area (Å²) in [6, 6.07) is 3.69. The van der Waals surface area contributed by atoms with Gasteiger partial charge in [-0.15, -0.1) is 0 Å². The number of hydrogen-bond acceptors (Lipinski definition) is 3. The van der Waals surface area contributed by atoms with Crippen LogP contribution in [-0.4, -0.2) is 15.4 Å². The van der Waals surface area contributed by atoms with Crippen LogP contribution in [-0.2, 0) is 10.0 Å². The number of nitrogens with zero attached hydrogens (tertiary/aromatic N) is 1. The van der Waals surface area contributed by atoms with Crippen molar-refractivity contribution in [1.82, 2.24) is 0 Å². The molecule has 0 fully saturated rings. The van der Waals surface area contributed by atoms with Crippen LogP contribution in [0.5, 0.6) is 0 Å². The Kier molecular flexibility index (Phi) is 3.50. The summed E-state index contributed by atoms with van der Waals surface area (Å²) in [5.41, 5.74) is 1.89. The molecule has 0 unspecified atom stereocenters. The number of aryl methyl sites for hydroxylation is 1. The lowest BCUT2D eigenvalue weighted by atomic mass is 9.92. The van der Waals surface area contributed by atoms with Crippen molar-refractivity contribution < 1.29 is 9.35 Å². The fourth-order valence-electron chi connectivity index (χ4n) is 1.63. The van der Waals surface area contributed by atoms with Gasteiger partial charge in [-0.05, 0) is 39.3 Å². The van der Waals surface area contributed by atoms with E-state index in [0.29, 0.717) is 21.6 Å². The molecule has 0 bridgehead atoms. The Morgan fingerprint density at radius 2 is 1.94 bits per heavy atom. The molecule has 0 spiro atoms. The standard InChI is InChI=1S/C11H17NO3Si/c1-7-5-6-9(11(3,4)15-16)10(8(7)2)12(13)14/h5-6H,1-4,16H3. The highest BCUT2D eigenvalue weighted by molar-refractivity contribution is 5.98. The van der Waals surface area contributed by atoms with Crippen molar-refractivity contribution in [3.8, 4) is 0 Å². The van der Waals surface area contributed by atoms with Crippen molar-refractivity contribution in [2.75, 3.05) is 0 Å². The summed E-state index contributed by atoms with van der Waals surface area (Å²) < 4.78 is 5.44. The van der Waals surface area contributed by atoms with Gasteiger partial charge in [0, 0.05) is 5.56 Å². The number of rotatable bonds is 3. The molecule has 0 amide bonds. The quantitative estimate of drug-likeness (QED) is 0.458. The highest BCUT2D eigenvalue weighted by atomic mass is 28.2. The number of nitro benzene ring substituents is 1. The first-order valence-electron chi connectivity index (χ1n) is 5.11. The van der Waals surface area contributed by atoms with Crippen LogP contribution in [0.2, 0.25) is 0 Å². The number of hydrogen-bond donors (Lipinski definition) is 0. The van der Waals surface area contributed by atoms with Gasteiger partial charge in [0.1, 0.15) is 10.5 Å². The van der Waals surface area contributed by atoms with Gasteiger partial charge in [-0.2, -0.15) is 0 Å². The molecular weight excluding hydrogens is 222 g/mol. The summed E-state index contributed by atoms with van der Waals surface area (Å²) in [5, 5.41) is 11.1. The summed E-state index contributed by atoms with van der Waals surface area (Å²) in [6.45, 7) is 7.37. The Labute approximate surface area is 98.3 Å². The number of nitro groups is 1. The highest BCUT2D eigenvalue weighted by Gasteiger charge is 2.30. The summed E-state index contributed by atoms with van der Waals surface area (Å²) in [5.74, 6) is 0. The Morgan fingerprint density at radius 3 is 2.38 bits per heavy atom. The Morgan fingerprint density at radius 1 is 1.38 bits per heavy atom. The molecule has 5 heteroatoms. The summed E-state index contributed by atoms with van der Waals surface area (Å²) >= 11 is 0. The van der Waals surface area contributed by atoms with E-state index < -0.39 is 5.60 Å². The van der Waals surface area contributed by atoms with Gasteiger partial charge < -0.3 is 4.43 Å². The van der Waals surface area contributed by atoms with Crippen LogP contribution in [0.4, 0.5) is 5.69 Å². The summed E-state index contributed by atoms with van der Waals surface area (Å²) in [7, 11) is 0.549. The molecule has 0 heterocycles. The lowest BCUT2D eigenvalue weighted by Gasteiger charge is -2.24. The molecule has 0 aliphatic carbocycles. The van der Waals surface area contributed by atoms with Crippen LogP contribution in [0.15, 0.2) is 12.1 Å². The second-order valence-electron chi connectivity index (χ2n) is 4.38. The summed E-state index contributed by atoms with van der Waals surface area (Å²) in [4.78, 5) is 10.8. The maximum atomic E-state index is 11.1. The van der Waals surface area contributed by atoms with E-state index in [4.69, 9.17) is 4.43 Å². The van der Waals surface area contributed by atoms with Crippen LogP contribution in [0.25, 0.3) is 0 Å². The minimum atomic E-state index is -0.590. The van der Waals surface area contributed by atoms with Gasteiger partial charge in [-0.25, -0.2) is 0 Å². The Balaban J connectivity index is 3.52. The van der Waals surface area contributed by atoms with Crippen LogP contribution in [0, 0.1) is 24.0 Å². The summed E-state index contributed by atoms with van der Waals surface area (Å²) in [6.07, 6.45) is 0. The first-order valence-corrected chi connectivity index (χ1v) is 5.93. The molecule has 0 atom stereocenters. The molecule has 0 saturated carbocycles. The van der Waals surface area contributed by atoms with E-state index in [2.05, 4.69) is 0 Å². The zero-order valence-corrected chi connectivity index (χ0v) is 12.3.